The Bertz CT molecular complexity index is 1710. The maximum Gasteiger partial charge on any atom is 0.252 e. The van der Waals surface area contributed by atoms with Crippen LogP contribution in [0.5, 0.6) is 0 Å². The zero-order valence-electron chi connectivity index (χ0n) is 22.4. The van der Waals surface area contributed by atoms with Crippen LogP contribution in [0.4, 0.5) is 38.5 Å². The third-order valence-electron chi connectivity index (χ3n) is 9.08. The van der Waals surface area contributed by atoms with Gasteiger partial charge in [0.1, 0.15) is 5.82 Å². The van der Waals surface area contributed by atoms with Gasteiger partial charge in [-0.1, -0.05) is 73.9 Å². The number of benzene rings is 5. The van der Waals surface area contributed by atoms with E-state index in [1.165, 1.54) is 82.5 Å². The molecule has 194 valence electrons. The van der Waals surface area contributed by atoms with Crippen LogP contribution in [0.15, 0.2) is 115 Å². The van der Waals surface area contributed by atoms with Crippen molar-refractivity contribution in [2.24, 2.45) is 0 Å². The van der Waals surface area contributed by atoms with Crippen LogP contribution in [-0.4, -0.2) is 6.71 Å². The van der Waals surface area contributed by atoms with Crippen LogP contribution in [0.25, 0.3) is 0 Å². The van der Waals surface area contributed by atoms with Gasteiger partial charge in [0.15, 0.2) is 0 Å². The van der Waals surface area contributed by atoms with Gasteiger partial charge < -0.3 is 9.80 Å². The predicted octanol–water partition coefficient (Wildman–Crippen LogP) is 7.96. The van der Waals surface area contributed by atoms with Crippen molar-refractivity contribution >= 4 is 57.2 Å². The first-order valence-electron chi connectivity index (χ1n) is 14.5. The summed E-state index contributed by atoms with van der Waals surface area (Å²) < 4.78 is 14.1. The van der Waals surface area contributed by atoms with E-state index < -0.39 is 0 Å². The standard InChI is InChI=1S/C36H30BFN2/c38-27-19-21-29(22-20-27)40-33-18-10-8-16-31(33)37-30-15-7-9-17-32(30)39(28-13-5-2-6-14-28)34-23-26(24-35(40)36(34)37)25-11-3-1-4-12-25/h2,5-10,13-25H,1,3-4,11-12H2. The number of fused-ring (bicyclic) bond motifs is 4. The summed E-state index contributed by atoms with van der Waals surface area (Å²) in [5, 5.41) is 0. The minimum atomic E-state index is -0.214. The van der Waals surface area contributed by atoms with Crippen molar-refractivity contribution in [1.82, 2.24) is 0 Å². The summed E-state index contributed by atoms with van der Waals surface area (Å²) >= 11 is 0. The SMILES string of the molecule is Fc1ccc(N2c3ccccc3B3c4ccccc4N(c4ccccc4)c4cc(C5CCCCC5)cc2c43)cc1. The Hall–Kier alpha value is -4.31. The Morgan fingerprint density at radius 1 is 0.550 bits per heavy atom. The fourth-order valence-corrected chi connectivity index (χ4v) is 7.31. The van der Waals surface area contributed by atoms with E-state index in [2.05, 4.69) is 101 Å². The average molecular weight is 520 g/mol. The van der Waals surface area contributed by atoms with E-state index in [9.17, 15) is 4.39 Å². The van der Waals surface area contributed by atoms with E-state index in [4.69, 9.17) is 0 Å². The van der Waals surface area contributed by atoms with Crippen molar-refractivity contribution in [1.29, 1.82) is 0 Å². The molecule has 0 bridgehead atoms. The van der Waals surface area contributed by atoms with Crippen molar-refractivity contribution < 1.29 is 4.39 Å². The van der Waals surface area contributed by atoms with E-state index in [0.29, 0.717) is 5.92 Å². The number of para-hydroxylation sites is 3. The largest absolute Gasteiger partial charge is 0.311 e. The lowest BCUT2D eigenvalue weighted by atomic mass is 9.33. The summed E-state index contributed by atoms with van der Waals surface area (Å²) in [6.07, 6.45) is 6.37. The maximum absolute atomic E-state index is 14.1. The summed E-state index contributed by atoms with van der Waals surface area (Å²) in [6, 6.07) is 40.3. The van der Waals surface area contributed by atoms with Gasteiger partial charge in [-0.15, -0.1) is 0 Å². The highest BCUT2D eigenvalue weighted by molar-refractivity contribution is 7.00. The van der Waals surface area contributed by atoms with Gasteiger partial charge in [0.05, 0.1) is 0 Å². The molecule has 5 aromatic carbocycles. The van der Waals surface area contributed by atoms with E-state index >= 15 is 0 Å². The molecule has 1 saturated carbocycles. The molecule has 0 radical (unpaired) electrons. The summed E-state index contributed by atoms with van der Waals surface area (Å²) in [5.74, 6) is 0.338. The molecule has 0 amide bonds. The molecule has 0 aromatic heterocycles. The lowest BCUT2D eigenvalue weighted by Gasteiger charge is -2.44. The highest BCUT2D eigenvalue weighted by atomic mass is 19.1. The Balaban J connectivity index is 1.47. The van der Waals surface area contributed by atoms with Gasteiger partial charge in [0.25, 0.3) is 6.71 Å². The van der Waals surface area contributed by atoms with Crippen LogP contribution >= 0.6 is 0 Å². The van der Waals surface area contributed by atoms with Crippen LogP contribution in [0, 0.1) is 5.82 Å². The van der Waals surface area contributed by atoms with Crippen molar-refractivity contribution in [3.8, 4) is 0 Å². The molecule has 0 saturated heterocycles. The molecule has 3 aliphatic rings. The van der Waals surface area contributed by atoms with E-state index in [1.807, 2.05) is 12.1 Å². The van der Waals surface area contributed by atoms with Gasteiger partial charge in [-0.05, 0) is 101 Å². The molecular weight excluding hydrogens is 490 g/mol. The Kier molecular flexibility index (Phi) is 5.55. The van der Waals surface area contributed by atoms with Crippen LogP contribution in [0.3, 0.4) is 0 Å². The summed E-state index contributed by atoms with van der Waals surface area (Å²) in [7, 11) is 0. The van der Waals surface area contributed by atoms with E-state index in [0.717, 1.165) is 5.69 Å². The first-order chi connectivity index (χ1) is 19.8. The minimum Gasteiger partial charge on any atom is -0.311 e. The van der Waals surface area contributed by atoms with Crippen molar-refractivity contribution in [2.45, 2.75) is 38.0 Å². The van der Waals surface area contributed by atoms with Crippen LogP contribution in [-0.2, 0) is 0 Å². The minimum absolute atomic E-state index is 0.120. The third kappa shape index (κ3) is 3.62. The van der Waals surface area contributed by atoms with E-state index in [-0.39, 0.29) is 12.5 Å². The van der Waals surface area contributed by atoms with Crippen LogP contribution < -0.4 is 26.2 Å². The van der Waals surface area contributed by atoms with Crippen molar-refractivity contribution in [3.63, 3.8) is 0 Å². The highest BCUT2D eigenvalue weighted by Gasteiger charge is 2.43. The third-order valence-corrected chi connectivity index (χ3v) is 9.08. The monoisotopic (exact) mass is 520 g/mol. The molecule has 0 unspecified atom stereocenters. The van der Waals surface area contributed by atoms with Gasteiger partial charge in [-0.3, -0.25) is 0 Å². The Labute approximate surface area is 235 Å². The molecule has 0 N–H and O–H groups in total. The zero-order chi connectivity index (χ0) is 26.6. The predicted molar refractivity (Wildman–Crippen MR) is 166 cm³/mol. The molecule has 0 atom stereocenters. The molecule has 1 aliphatic carbocycles. The lowest BCUT2D eigenvalue weighted by Crippen LogP contribution is -2.61. The number of anilines is 6. The summed E-state index contributed by atoms with van der Waals surface area (Å²) in [6.45, 7) is 0.120. The number of halogens is 1. The maximum atomic E-state index is 14.1. The fourth-order valence-electron chi connectivity index (χ4n) is 7.31. The highest BCUT2D eigenvalue weighted by Crippen LogP contribution is 2.46. The van der Waals surface area contributed by atoms with Crippen LogP contribution in [0.2, 0.25) is 0 Å². The molecule has 4 heteroatoms. The van der Waals surface area contributed by atoms with Crippen molar-refractivity contribution in [3.05, 3.63) is 127 Å². The van der Waals surface area contributed by atoms with Gasteiger partial charge in [-0.2, -0.15) is 0 Å². The molecule has 2 heterocycles. The first kappa shape index (κ1) is 23.6. The Morgan fingerprint density at radius 2 is 1.07 bits per heavy atom. The molecule has 40 heavy (non-hydrogen) atoms. The number of hydrogen-bond donors (Lipinski definition) is 0. The molecule has 2 aliphatic heterocycles. The topological polar surface area (TPSA) is 6.48 Å². The number of rotatable bonds is 3. The van der Waals surface area contributed by atoms with Gasteiger partial charge in [0, 0.05) is 34.1 Å². The second kappa shape index (κ2) is 9.41. The molecule has 5 aromatic rings. The normalized spacial score (nSPS) is 15.9. The zero-order valence-corrected chi connectivity index (χ0v) is 22.4. The fraction of sp³-hybridized carbons (Fsp3) is 0.167. The van der Waals surface area contributed by atoms with Crippen molar-refractivity contribution in [2.75, 3.05) is 9.80 Å². The van der Waals surface area contributed by atoms with Crippen LogP contribution in [0.1, 0.15) is 43.6 Å². The summed E-state index contributed by atoms with van der Waals surface area (Å²) in [4.78, 5) is 4.83. The smallest absolute Gasteiger partial charge is 0.252 e. The molecular formula is C36H30BFN2. The van der Waals surface area contributed by atoms with E-state index in [1.54, 1.807) is 12.1 Å². The number of hydrogen-bond acceptors (Lipinski definition) is 2. The number of nitrogens with zero attached hydrogens (tertiary/aromatic N) is 2. The molecule has 1 fully saturated rings. The quantitative estimate of drug-likeness (QED) is 0.218. The van der Waals surface area contributed by atoms with Gasteiger partial charge in [0.2, 0.25) is 0 Å². The molecule has 8 rings (SSSR count). The Morgan fingerprint density at radius 3 is 1.68 bits per heavy atom. The van der Waals surface area contributed by atoms with Gasteiger partial charge >= 0.3 is 0 Å². The first-order valence-corrected chi connectivity index (χ1v) is 14.5. The lowest BCUT2D eigenvalue weighted by molar-refractivity contribution is 0.444. The second-order valence-corrected chi connectivity index (χ2v) is 11.3. The molecule has 2 nitrogen and oxygen atoms in total. The average Bonchev–Trinajstić information content (AvgIpc) is 3.02. The second-order valence-electron chi connectivity index (χ2n) is 11.3. The van der Waals surface area contributed by atoms with Gasteiger partial charge in [-0.25, -0.2) is 4.39 Å². The summed E-state index contributed by atoms with van der Waals surface area (Å²) in [5.41, 5.74) is 12.4. The molecule has 0 spiro atoms.